The maximum Gasteiger partial charge on any atom is 0.0885 e. The monoisotopic (exact) mass is 208 g/mol. The predicted molar refractivity (Wildman–Crippen MR) is 66.3 cm³/mol. The molecule has 2 aromatic heterocycles. The lowest BCUT2D eigenvalue weighted by atomic mass is 10.0. The first-order chi connectivity index (χ1) is 7.84. The lowest BCUT2D eigenvalue weighted by molar-refractivity contribution is 1.40. The SMILES string of the molecule is Cc1ccc(-c2ccnc3cc[nH]c23)cc1. The average molecular weight is 208 g/mol. The quantitative estimate of drug-likeness (QED) is 0.651. The topological polar surface area (TPSA) is 28.7 Å². The molecule has 0 saturated heterocycles. The van der Waals surface area contributed by atoms with Gasteiger partial charge in [0.25, 0.3) is 0 Å². The molecule has 78 valence electrons. The summed E-state index contributed by atoms with van der Waals surface area (Å²) in [5, 5.41) is 0. The highest BCUT2D eigenvalue weighted by molar-refractivity contribution is 5.91. The number of pyridine rings is 1. The maximum atomic E-state index is 4.31. The molecule has 0 aliphatic carbocycles. The number of H-pyrrole nitrogens is 1. The Morgan fingerprint density at radius 3 is 2.62 bits per heavy atom. The number of benzene rings is 1. The van der Waals surface area contributed by atoms with Crippen LogP contribution in [0.2, 0.25) is 0 Å². The fourth-order valence-electron chi connectivity index (χ4n) is 1.93. The van der Waals surface area contributed by atoms with Gasteiger partial charge in [-0.3, -0.25) is 4.98 Å². The van der Waals surface area contributed by atoms with E-state index in [0.29, 0.717) is 0 Å². The number of hydrogen-bond acceptors (Lipinski definition) is 1. The van der Waals surface area contributed by atoms with E-state index >= 15 is 0 Å². The molecule has 2 heterocycles. The third-order valence-electron chi connectivity index (χ3n) is 2.81. The Bertz CT molecular complexity index is 621. The molecule has 0 saturated carbocycles. The van der Waals surface area contributed by atoms with E-state index < -0.39 is 0 Å². The van der Waals surface area contributed by atoms with Crippen LogP contribution in [0.4, 0.5) is 0 Å². The fraction of sp³-hybridized carbons (Fsp3) is 0.0714. The molecular weight excluding hydrogens is 196 g/mol. The minimum Gasteiger partial charge on any atom is -0.359 e. The van der Waals surface area contributed by atoms with Gasteiger partial charge in [0.2, 0.25) is 0 Å². The van der Waals surface area contributed by atoms with Crippen LogP contribution in [0.5, 0.6) is 0 Å². The molecule has 0 aliphatic heterocycles. The number of hydrogen-bond donors (Lipinski definition) is 1. The highest BCUT2D eigenvalue weighted by Crippen LogP contribution is 2.26. The zero-order valence-corrected chi connectivity index (χ0v) is 9.07. The van der Waals surface area contributed by atoms with Gasteiger partial charge in [-0.25, -0.2) is 0 Å². The molecule has 1 N–H and O–H groups in total. The van der Waals surface area contributed by atoms with Crippen LogP contribution in [0, 0.1) is 6.92 Å². The Kier molecular flexibility index (Phi) is 2.00. The van der Waals surface area contributed by atoms with E-state index in [1.807, 2.05) is 24.5 Å². The van der Waals surface area contributed by atoms with E-state index in [0.717, 1.165) is 11.0 Å². The summed E-state index contributed by atoms with van der Waals surface area (Å²) in [6.45, 7) is 2.10. The normalized spacial score (nSPS) is 10.8. The summed E-state index contributed by atoms with van der Waals surface area (Å²) in [6, 6.07) is 12.6. The van der Waals surface area contributed by atoms with Crippen molar-refractivity contribution in [1.82, 2.24) is 9.97 Å². The molecule has 3 aromatic rings. The second-order valence-electron chi connectivity index (χ2n) is 3.96. The van der Waals surface area contributed by atoms with Crippen molar-refractivity contribution >= 4 is 11.0 Å². The summed E-state index contributed by atoms with van der Waals surface area (Å²) in [5.74, 6) is 0. The number of nitrogens with zero attached hydrogens (tertiary/aromatic N) is 1. The van der Waals surface area contributed by atoms with Gasteiger partial charge in [0.05, 0.1) is 11.0 Å². The summed E-state index contributed by atoms with van der Waals surface area (Å²) in [6.07, 6.45) is 3.78. The first-order valence-corrected chi connectivity index (χ1v) is 5.34. The zero-order chi connectivity index (χ0) is 11.0. The van der Waals surface area contributed by atoms with Gasteiger partial charge < -0.3 is 4.98 Å². The van der Waals surface area contributed by atoms with Gasteiger partial charge in [-0.1, -0.05) is 29.8 Å². The number of aryl methyl sites for hydroxylation is 1. The molecule has 0 spiro atoms. The smallest absolute Gasteiger partial charge is 0.0885 e. The third-order valence-corrected chi connectivity index (χ3v) is 2.81. The zero-order valence-electron chi connectivity index (χ0n) is 9.07. The average Bonchev–Trinajstić information content (AvgIpc) is 2.78. The van der Waals surface area contributed by atoms with Crippen molar-refractivity contribution in [2.24, 2.45) is 0 Å². The largest absolute Gasteiger partial charge is 0.359 e. The van der Waals surface area contributed by atoms with Crippen LogP contribution >= 0.6 is 0 Å². The van der Waals surface area contributed by atoms with Gasteiger partial charge in [-0.05, 0) is 24.6 Å². The number of fused-ring (bicyclic) bond motifs is 1. The van der Waals surface area contributed by atoms with Gasteiger partial charge in [-0.2, -0.15) is 0 Å². The van der Waals surface area contributed by atoms with Crippen molar-refractivity contribution in [2.75, 3.05) is 0 Å². The van der Waals surface area contributed by atoms with E-state index in [9.17, 15) is 0 Å². The van der Waals surface area contributed by atoms with E-state index in [2.05, 4.69) is 41.2 Å². The number of nitrogens with one attached hydrogen (secondary N) is 1. The van der Waals surface area contributed by atoms with Gasteiger partial charge in [-0.15, -0.1) is 0 Å². The second kappa shape index (κ2) is 3.49. The molecule has 2 nitrogen and oxygen atoms in total. The summed E-state index contributed by atoms with van der Waals surface area (Å²) < 4.78 is 0. The lowest BCUT2D eigenvalue weighted by Crippen LogP contribution is -1.82. The van der Waals surface area contributed by atoms with Crippen LogP contribution in [-0.2, 0) is 0 Å². The van der Waals surface area contributed by atoms with Crippen LogP contribution in [0.3, 0.4) is 0 Å². The molecule has 0 radical (unpaired) electrons. The van der Waals surface area contributed by atoms with Crippen LogP contribution < -0.4 is 0 Å². The van der Waals surface area contributed by atoms with Crippen molar-refractivity contribution in [3.8, 4) is 11.1 Å². The standard InChI is InChI=1S/C14H12N2/c1-10-2-4-11(5-3-10)12-6-8-15-13-7-9-16-14(12)13/h2-9,16H,1H3. The fourth-order valence-corrected chi connectivity index (χ4v) is 1.93. The number of rotatable bonds is 1. The first-order valence-electron chi connectivity index (χ1n) is 5.34. The van der Waals surface area contributed by atoms with Crippen LogP contribution in [0.25, 0.3) is 22.2 Å². The Balaban J connectivity index is 2.25. The molecule has 0 aliphatic rings. The highest BCUT2D eigenvalue weighted by atomic mass is 14.8. The number of aromatic nitrogens is 2. The lowest BCUT2D eigenvalue weighted by Gasteiger charge is -2.03. The summed E-state index contributed by atoms with van der Waals surface area (Å²) in [4.78, 5) is 7.55. The van der Waals surface area contributed by atoms with Crippen molar-refractivity contribution < 1.29 is 0 Å². The van der Waals surface area contributed by atoms with E-state index in [1.165, 1.54) is 16.7 Å². The Morgan fingerprint density at radius 1 is 1.00 bits per heavy atom. The maximum absolute atomic E-state index is 4.31. The molecule has 16 heavy (non-hydrogen) atoms. The highest BCUT2D eigenvalue weighted by Gasteiger charge is 2.04. The molecule has 1 aromatic carbocycles. The van der Waals surface area contributed by atoms with Gasteiger partial charge in [0, 0.05) is 18.0 Å². The van der Waals surface area contributed by atoms with Gasteiger partial charge in [0.15, 0.2) is 0 Å². The van der Waals surface area contributed by atoms with Crippen LogP contribution in [0.1, 0.15) is 5.56 Å². The summed E-state index contributed by atoms with van der Waals surface area (Å²) in [5.41, 5.74) is 5.82. The molecule has 3 rings (SSSR count). The summed E-state index contributed by atoms with van der Waals surface area (Å²) >= 11 is 0. The van der Waals surface area contributed by atoms with Crippen molar-refractivity contribution in [2.45, 2.75) is 6.92 Å². The molecule has 0 unspecified atom stereocenters. The molecule has 0 bridgehead atoms. The van der Waals surface area contributed by atoms with E-state index in [1.54, 1.807) is 0 Å². The molecule has 0 atom stereocenters. The van der Waals surface area contributed by atoms with Gasteiger partial charge >= 0.3 is 0 Å². The van der Waals surface area contributed by atoms with E-state index in [4.69, 9.17) is 0 Å². The van der Waals surface area contributed by atoms with Crippen LogP contribution in [-0.4, -0.2) is 9.97 Å². The predicted octanol–water partition coefficient (Wildman–Crippen LogP) is 3.54. The summed E-state index contributed by atoms with van der Waals surface area (Å²) in [7, 11) is 0. The second-order valence-corrected chi connectivity index (χ2v) is 3.96. The Morgan fingerprint density at radius 2 is 1.81 bits per heavy atom. The molecule has 0 fully saturated rings. The third kappa shape index (κ3) is 1.39. The van der Waals surface area contributed by atoms with Gasteiger partial charge in [0.1, 0.15) is 0 Å². The van der Waals surface area contributed by atoms with Crippen LogP contribution in [0.15, 0.2) is 48.8 Å². The first kappa shape index (κ1) is 9.16. The van der Waals surface area contributed by atoms with Crippen molar-refractivity contribution in [3.05, 3.63) is 54.4 Å². The molecule has 0 amide bonds. The Hall–Kier alpha value is -2.09. The number of aromatic amines is 1. The minimum absolute atomic E-state index is 1.01. The molecular formula is C14H12N2. The minimum atomic E-state index is 1.01. The van der Waals surface area contributed by atoms with Crippen molar-refractivity contribution in [3.63, 3.8) is 0 Å². The Labute approximate surface area is 94.0 Å². The molecule has 2 heteroatoms. The van der Waals surface area contributed by atoms with E-state index in [-0.39, 0.29) is 0 Å². The van der Waals surface area contributed by atoms with Crippen molar-refractivity contribution in [1.29, 1.82) is 0 Å².